The van der Waals surface area contributed by atoms with Crippen LogP contribution in [-0.4, -0.2) is 30.7 Å². The molecule has 0 spiro atoms. The molecule has 0 aliphatic carbocycles. The largest absolute Gasteiger partial charge is 0.288 e. The van der Waals surface area contributed by atoms with Crippen LogP contribution in [0.4, 0.5) is 13.2 Å². The molecule has 1 N–H and O–H groups in total. The van der Waals surface area contributed by atoms with Crippen LogP contribution < -0.4 is 4.72 Å². The first-order valence-corrected chi connectivity index (χ1v) is 9.75. The molecule has 0 amide bonds. The zero-order valence-electron chi connectivity index (χ0n) is 15.2. The molecule has 154 valence electrons. The minimum Gasteiger partial charge on any atom is -0.288 e. The lowest BCUT2D eigenvalue weighted by Crippen LogP contribution is -2.15. The van der Waals surface area contributed by atoms with Crippen LogP contribution in [0.25, 0.3) is 11.0 Å². The standard InChI is InChI=1S/C19H13F3N4O3S/c20-13-6-10(2-1-5-25-30(28)29)17(21)16(18(13)22)19(27)11-3-4-14-15(7-11)26-12(8-23)9-24-14/h3-4,6-7,9,30H,1-2,5H2,(H,25,28,29). The van der Waals surface area contributed by atoms with Gasteiger partial charge < -0.3 is 0 Å². The van der Waals surface area contributed by atoms with E-state index in [0.29, 0.717) is 11.6 Å². The van der Waals surface area contributed by atoms with Crippen molar-refractivity contribution in [3.05, 3.63) is 70.3 Å². The molecule has 0 atom stereocenters. The number of carbonyl (C=O) groups excluding carboxylic acids is 1. The van der Waals surface area contributed by atoms with Gasteiger partial charge in [0.2, 0.25) is 10.9 Å². The molecule has 1 aromatic heterocycles. The predicted molar refractivity (Wildman–Crippen MR) is 101 cm³/mol. The third-order valence-corrected chi connectivity index (χ3v) is 4.72. The summed E-state index contributed by atoms with van der Waals surface area (Å²) in [5.41, 5.74) is -0.966. The van der Waals surface area contributed by atoms with Crippen molar-refractivity contribution in [1.29, 1.82) is 5.26 Å². The molecule has 0 bridgehead atoms. The molecular weight excluding hydrogens is 421 g/mol. The highest BCUT2D eigenvalue weighted by Gasteiger charge is 2.25. The van der Waals surface area contributed by atoms with E-state index in [1.54, 1.807) is 6.07 Å². The van der Waals surface area contributed by atoms with Crippen LogP contribution in [0.2, 0.25) is 0 Å². The Morgan fingerprint density at radius 2 is 1.90 bits per heavy atom. The fraction of sp³-hybridized carbons (Fsp3) is 0.158. The number of nitrogens with zero attached hydrogens (tertiary/aromatic N) is 3. The van der Waals surface area contributed by atoms with Crippen molar-refractivity contribution >= 4 is 27.7 Å². The van der Waals surface area contributed by atoms with Crippen molar-refractivity contribution in [3.63, 3.8) is 0 Å². The Kier molecular flexibility index (Phi) is 6.39. The molecular formula is C19H13F3N4O3S. The highest BCUT2D eigenvalue weighted by Crippen LogP contribution is 2.25. The summed E-state index contributed by atoms with van der Waals surface area (Å²) in [6.07, 6.45) is 1.23. The van der Waals surface area contributed by atoms with Crippen LogP contribution >= 0.6 is 0 Å². The maximum Gasteiger partial charge on any atom is 0.201 e. The van der Waals surface area contributed by atoms with Crippen molar-refractivity contribution in [1.82, 2.24) is 14.7 Å². The first-order chi connectivity index (χ1) is 14.3. The normalized spacial score (nSPS) is 11.0. The van der Waals surface area contributed by atoms with E-state index in [2.05, 4.69) is 14.7 Å². The molecule has 7 nitrogen and oxygen atoms in total. The number of ketones is 1. The second kappa shape index (κ2) is 8.98. The van der Waals surface area contributed by atoms with Gasteiger partial charge in [0.15, 0.2) is 23.1 Å². The lowest BCUT2D eigenvalue weighted by molar-refractivity contribution is 0.102. The summed E-state index contributed by atoms with van der Waals surface area (Å²) in [6.45, 7) is -0.0228. The van der Waals surface area contributed by atoms with Crippen LogP contribution in [0, 0.1) is 28.8 Å². The molecule has 0 aliphatic heterocycles. The molecule has 0 radical (unpaired) electrons. The van der Waals surface area contributed by atoms with Crippen LogP contribution in [0.3, 0.4) is 0 Å². The van der Waals surface area contributed by atoms with Gasteiger partial charge in [0.25, 0.3) is 0 Å². The maximum atomic E-state index is 14.8. The van der Waals surface area contributed by atoms with Crippen LogP contribution in [0.1, 0.15) is 33.6 Å². The minimum atomic E-state index is -2.83. The fourth-order valence-corrected chi connectivity index (χ4v) is 3.18. The van der Waals surface area contributed by atoms with Crippen LogP contribution in [0.5, 0.6) is 0 Å². The Morgan fingerprint density at radius 1 is 1.13 bits per heavy atom. The van der Waals surface area contributed by atoms with Gasteiger partial charge in [-0.25, -0.2) is 31.3 Å². The summed E-state index contributed by atoms with van der Waals surface area (Å²) in [6, 6.07) is 6.31. The molecule has 0 aliphatic rings. The average molecular weight is 434 g/mol. The van der Waals surface area contributed by atoms with E-state index < -0.39 is 39.7 Å². The van der Waals surface area contributed by atoms with Gasteiger partial charge in [-0.05, 0) is 42.7 Å². The number of benzene rings is 2. The first-order valence-electron chi connectivity index (χ1n) is 8.57. The number of nitriles is 1. The number of aryl methyl sites for hydroxylation is 1. The summed E-state index contributed by atoms with van der Waals surface area (Å²) < 4.78 is 66.2. The number of carbonyl (C=O) groups is 1. The van der Waals surface area contributed by atoms with Crippen molar-refractivity contribution in [2.75, 3.05) is 6.54 Å². The Bertz CT molecular complexity index is 1260. The molecule has 3 rings (SSSR count). The van der Waals surface area contributed by atoms with E-state index >= 15 is 0 Å². The second-order valence-corrected chi connectivity index (χ2v) is 7.02. The smallest absolute Gasteiger partial charge is 0.201 e. The topological polar surface area (TPSA) is 113 Å². The fourth-order valence-electron chi connectivity index (χ4n) is 2.84. The highest BCUT2D eigenvalue weighted by atomic mass is 32.2. The van der Waals surface area contributed by atoms with E-state index in [9.17, 15) is 26.4 Å². The molecule has 11 heteroatoms. The van der Waals surface area contributed by atoms with Crippen molar-refractivity contribution in [2.24, 2.45) is 0 Å². The molecule has 0 unspecified atom stereocenters. The number of rotatable bonds is 7. The van der Waals surface area contributed by atoms with Crippen molar-refractivity contribution < 1.29 is 26.4 Å². The summed E-state index contributed by atoms with van der Waals surface area (Å²) in [5, 5.41) is 8.91. The van der Waals surface area contributed by atoms with E-state index in [1.165, 1.54) is 24.4 Å². The Morgan fingerprint density at radius 3 is 2.60 bits per heavy atom. The summed E-state index contributed by atoms with van der Waals surface area (Å²) in [4.78, 5) is 20.7. The molecule has 30 heavy (non-hydrogen) atoms. The molecule has 2 aromatic carbocycles. The van der Waals surface area contributed by atoms with E-state index in [1.807, 2.05) is 0 Å². The van der Waals surface area contributed by atoms with Gasteiger partial charge in [-0.15, -0.1) is 0 Å². The second-order valence-electron chi connectivity index (χ2n) is 6.19. The molecule has 0 saturated heterocycles. The maximum absolute atomic E-state index is 14.8. The quantitative estimate of drug-likeness (QED) is 0.255. The Hall–Kier alpha value is -3.36. The minimum absolute atomic E-state index is 0.00839. The molecule has 3 aromatic rings. The van der Waals surface area contributed by atoms with Crippen molar-refractivity contribution in [2.45, 2.75) is 12.8 Å². The molecule has 1 heterocycles. The lowest BCUT2D eigenvalue weighted by atomic mass is 9.97. The van der Waals surface area contributed by atoms with Gasteiger partial charge in [0, 0.05) is 12.1 Å². The third-order valence-electron chi connectivity index (χ3n) is 4.24. The van der Waals surface area contributed by atoms with Crippen molar-refractivity contribution in [3.8, 4) is 6.07 Å². The van der Waals surface area contributed by atoms with Gasteiger partial charge in [-0.2, -0.15) is 5.26 Å². The number of hydrogen-bond acceptors (Lipinski definition) is 6. The molecule has 0 fully saturated rings. The predicted octanol–water partition coefficient (Wildman–Crippen LogP) is 2.20. The zero-order valence-corrected chi connectivity index (χ0v) is 16.0. The summed E-state index contributed by atoms with van der Waals surface area (Å²) in [5.74, 6) is -5.34. The third kappa shape index (κ3) is 4.45. The van der Waals surface area contributed by atoms with Gasteiger partial charge >= 0.3 is 0 Å². The SMILES string of the molecule is N#Cc1cnc2ccc(C(=O)c3c(F)c(F)cc(CCCN[SH](=O)=O)c3F)cc2n1. The van der Waals surface area contributed by atoms with E-state index in [-0.39, 0.29) is 41.7 Å². The van der Waals surface area contributed by atoms with E-state index in [0.717, 1.165) is 0 Å². The summed E-state index contributed by atoms with van der Waals surface area (Å²) >= 11 is 0. The number of fused-ring (bicyclic) bond motifs is 1. The number of thiol groups is 1. The van der Waals surface area contributed by atoms with Gasteiger partial charge in [0.05, 0.1) is 22.8 Å². The molecule has 0 saturated carbocycles. The number of hydrogen-bond donors (Lipinski definition) is 2. The number of halogens is 3. The van der Waals surface area contributed by atoms with Gasteiger partial charge in [-0.3, -0.25) is 9.78 Å². The summed E-state index contributed by atoms with van der Waals surface area (Å²) in [7, 11) is -2.83. The Balaban J connectivity index is 1.98. The van der Waals surface area contributed by atoms with E-state index in [4.69, 9.17) is 5.26 Å². The monoisotopic (exact) mass is 434 g/mol. The lowest BCUT2D eigenvalue weighted by Gasteiger charge is -2.11. The number of nitrogens with one attached hydrogen (secondary N) is 1. The van der Waals surface area contributed by atoms with Crippen LogP contribution in [-0.2, 0) is 17.3 Å². The van der Waals surface area contributed by atoms with Gasteiger partial charge in [-0.1, -0.05) is 0 Å². The number of aromatic nitrogens is 2. The van der Waals surface area contributed by atoms with Gasteiger partial charge in [0.1, 0.15) is 11.9 Å². The zero-order chi connectivity index (χ0) is 21.8. The van der Waals surface area contributed by atoms with Crippen LogP contribution in [0.15, 0.2) is 30.5 Å². The highest BCUT2D eigenvalue weighted by molar-refractivity contribution is 7.70. The Labute approximate surface area is 170 Å². The average Bonchev–Trinajstić information content (AvgIpc) is 2.73. The first kappa shape index (κ1) is 21.4.